The van der Waals surface area contributed by atoms with Gasteiger partial charge in [-0.05, 0) is 50.9 Å². The van der Waals surface area contributed by atoms with Crippen molar-refractivity contribution in [1.82, 2.24) is 9.21 Å². The van der Waals surface area contributed by atoms with Crippen LogP contribution in [0.2, 0.25) is 0 Å². The molecule has 138 valence electrons. The molecule has 1 amide bonds. The van der Waals surface area contributed by atoms with Gasteiger partial charge in [0.05, 0.1) is 5.25 Å². The van der Waals surface area contributed by atoms with E-state index in [1.54, 1.807) is 11.2 Å². The second kappa shape index (κ2) is 6.94. The zero-order valence-corrected chi connectivity index (χ0v) is 16.0. The van der Waals surface area contributed by atoms with Crippen LogP contribution in [0.1, 0.15) is 71.6 Å². The van der Waals surface area contributed by atoms with Crippen LogP contribution in [0.25, 0.3) is 0 Å². The highest BCUT2D eigenvalue weighted by Gasteiger charge is 2.45. The normalized spacial score (nSPS) is 27.8. The van der Waals surface area contributed by atoms with Gasteiger partial charge in [-0.3, -0.25) is 4.79 Å². The van der Waals surface area contributed by atoms with E-state index in [-0.39, 0.29) is 10.7 Å². The van der Waals surface area contributed by atoms with Crippen LogP contribution in [0.4, 0.5) is 0 Å². The average Bonchev–Trinajstić information content (AvgIpc) is 3.11. The summed E-state index contributed by atoms with van der Waals surface area (Å²) >= 11 is 0. The summed E-state index contributed by atoms with van der Waals surface area (Å²) in [4.78, 5) is 14.5. The van der Waals surface area contributed by atoms with Crippen molar-refractivity contribution >= 4 is 15.9 Å². The quantitative estimate of drug-likeness (QED) is 0.778. The average molecular weight is 357 g/mol. The molecule has 0 N–H and O–H groups in total. The molecule has 3 rings (SSSR count). The van der Waals surface area contributed by atoms with E-state index in [0.29, 0.717) is 37.9 Å². The highest BCUT2D eigenvalue weighted by atomic mass is 32.2. The molecule has 2 saturated heterocycles. The number of hydrogen-bond acceptors (Lipinski definition) is 3. The molecule has 1 spiro atoms. The maximum atomic E-state index is 12.6. The summed E-state index contributed by atoms with van der Waals surface area (Å²) in [6.45, 7) is 5.84. The summed E-state index contributed by atoms with van der Waals surface area (Å²) < 4.78 is 26.8. The number of rotatable bonds is 4. The third kappa shape index (κ3) is 3.36. The fourth-order valence-electron chi connectivity index (χ4n) is 4.68. The zero-order chi connectivity index (χ0) is 17.4. The van der Waals surface area contributed by atoms with E-state index in [9.17, 15) is 13.2 Å². The van der Waals surface area contributed by atoms with Crippen LogP contribution in [0.3, 0.4) is 0 Å². The first-order valence-corrected chi connectivity index (χ1v) is 11.2. The van der Waals surface area contributed by atoms with Crippen molar-refractivity contribution in [3.05, 3.63) is 0 Å². The summed E-state index contributed by atoms with van der Waals surface area (Å²) in [6.07, 6.45) is 8.82. The van der Waals surface area contributed by atoms with E-state index in [1.807, 2.05) is 6.92 Å². The van der Waals surface area contributed by atoms with Gasteiger partial charge >= 0.3 is 0 Å². The van der Waals surface area contributed by atoms with Gasteiger partial charge in [-0.1, -0.05) is 19.8 Å². The van der Waals surface area contributed by atoms with E-state index in [0.717, 1.165) is 38.6 Å². The third-order valence-corrected chi connectivity index (χ3v) is 9.12. The van der Waals surface area contributed by atoms with E-state index in [4.69, 9.17) is 0 Å². The molecule has 0 aromatic rings. The number of carbonyl (C=O) groups excluding carboxylic acids is 1. The van der Waals surface area contributed by atoms with E-state index >= 15 is 0 Å². The molecule has 0 unspecified atom stereocenters. The second-order valence-electron chi connectivity index (χ2n) is 8.12. The van der Waals surface area contributed by atoms with Gasteiger partial charge in [0.15, 0.2) is 0 Å². The Labute approximate surface area is 146 Å². The molecule has 2 aliphatic heterocycles. The lowest BCUT2D eigenvalue weighted by Crippen LogP contribution is -2.55. The molecule has 0 aromatic carbocycles. The van der Waals surface area contributed by atoms with Gasteiger partial charge in [0.1, 0.15) is 0 Å². The van der Waals surface area contributed by atoms with Crippen LogP contribution in [0.15, 0.2) is 0 Å². The Hall–Kier alpha value is -0.620. The van der Waals surface area contributed by atoms with E-state index < -0.39 is 10.0 Å². The predicted molar refractivity (Wildman–Crippen MR) is 95.1 cm³/mol. The molecule has 6 heteroatoms. The molecule has 0 aromatic heterocycles. The zero-order valence-electron chi connectivity index (χ0n) is 15.2. The van der Waals surface area contributed by atoms with Crippen molar-refractivity contribution in [3.8, 4) is 0 Å². The summed E-state index contributed by atoms with van der Waals surface area (Å²) in [5, 5.41) is -0.297. The first kappa shape index (κ1) is 18.2. The van der Waals surface area contributed by atoms with Crippen molar-refractivity contribution in [3.63, 3.8) is 0 Å². The summed E-state index contributed by atoms with van der Waals surface area (Å²) in [7, 11) is -3.15. The maximum Gasteiger partial charge on any atom is 0.222 e. The molecule has 1 atom stereocenters. The number of sulfonamides is 1. The van der Waals surface area contributed by atoms with Gasteiger partial charge in [0, 0.05) is 32.1 Å². The number of likely N-dealkylation sites (tertiary alicyclic amines) is 1. The van der Waals surface area contributed by atoms with Crippen LogP contribution in [-0.2, 0) is 14.8 Å². The molecule has 3 fully saturated rings. The number of amides is 1. The molecule has 1 saturated carbocycles. The Kier molecular flexibility index (Phi) is 5.26. The third-order valence-electron chi connectivity index (χ3n) is 6.69. The van der Waals surface area contributed by atoms with Crippen molar-refractivity contribution in [1.29, 1.82) is 0 Å². The lowest BCUT2D eigenvalue weighted by atomic mass is 9.72. The molecular formula is C18H32N2O3S. The van der Waals surface area contributed by atoms with E-state index in [2.05, 4.69) is 4.90 Å². The number of carbonyl (C=O) groups is 1. The van der Waals surface area contributed by atoms with Crippen molar-refractivity contribution in [2.75, 3.05) is 19.6 Å². The van der Waals surface area contributed by atoms with Crippen LogP contribution >= 0.6 is 0 Å². The minimum atomic E-state index is -3.15. The minimum Gasteiger partial charge on any atom is -0.339 e. The number of piperidine rings is 2. The minimum absolute atomic E-state index is 0.151. The van der Waals surface area contributed by atoms with Gasteiger partial charge in [0.25, 0.3) is 0 Å². The standard InChI is InChI=1S/C18H32N2O3S/c1-3-15(2)24(22,23)19-12-10-18(11-13-19)9-8-17(21)20(14-18)16-6-4-5-7-16/h15-16H,3-14H2,1-2H3/t15-/m0/s1. The van der Waals surface area contributed by atoms with Gasteiger partial charge < -0.3 is 4.90 Å². The molecule has 1 aliphatic carbocycles. The second-order valence-corrected chi connectivity index (χ2v) is 10.5. The maximum absolute atomic E-state index is 12.6. The highest BCUT2D eigenvalue weighted by molar-refractivity contribution is 7.89. The van der Waals surface area contributed by atoms with Crippen LogP contribution in [0, 0.1) is 5.41 Å². The Morgan fingerprint density at radius 1 is 1.17 bits per heavy atom. The van der Waals surface area contributed by atoms with Gasteiger partial charge in [-0.25, -0.2) is 12.7 Å². The molecule has 0 bridgehead atoms. The topological polar surface area (TPSA) is 57.7 Å². The largest absolute Gasteiger partial charge is 0.339 e. The number of nitrogens with zero attached hydrogens (tertiary/aromatic N) is 2. The van der Waals surface area contributed by atoms with Crippen LogP contribution < -0.4 is 0 Å². The molecular weight excluding hydrogens is 324 g/mol. The van der Waals surface area contributed by atoms with Crippen molar-refractivity contribution < 1.29 is 13.2 Å². The Morgan fingerprint density at radius 3 is 2.38 bits per heavy atom. The lowest BCUT2D eigenvalue weighted by molar-refractivity contribution is -0.141. The number of hydrogen-bond donors (Lipinski definition) is 0. The van der Waals surface area contributed by atoms with Gasteiger partial charge in [-0.2, -0.15) is 0 Å². The fourth-order valence-corrected chi connectivity index (χ4v) is 6.30. The molecule has 5 nitrogen and oxygen atoms in total. The summed E-state index contributed by atoms with van der Waals surface area (Å²) in [5.74, 6) is 0.321. The smallest absolute Gasteiger partial charge is 0.222 e. The SMILES string of the molecule is CC[C@H](C)S(=O)(=O)N1CCC2(CCC(=O)N(C3CCCC3)C2)CC1. The first-order chi connectivity index (χ1) is 11.4. The fraction of sp³-hybridized carbons (Fsp3) is 0.944. The molecule has 24 heavy (non-hydrogen) atoms. The van der Waals surface area contributed by atoms with Gasteiger partial charge in [-0.15, -0.1) is 0 Å². The monoisotopic (exact) mass is 356 g/mol. The summed E-state index contributed by atoms with van der Waals surface area (Å²) in [6, 6.07) is 0.441. The van der Waals surface area contributed by atoms with Crippen LogP contribution in [0.5, 0.6) is 0 Å². The van der Waals surface area contributed by atoms with E-state index in [1.165, 1.54) is 12.8 Å². The molecule has 2 heterocycles. The molecule has 3 aliphatic rings. The predicted octanol–water partition coefficient (Wildman–Crippen LogP) is 2.76. The Morgan fingerprint density at radius 2 is 1.79 bits per heavy atom. The molecule has 0 radical (unpaired) electrons. The Balaban J connectivity index is 1.65. The lowest BCUT2D eigenvalue weighted by Gasteiger charge is -2.49. The van der Waals surface area contributed by atoms with Crippen molar-refractivity contribution in [2.24, 2.45) is 5.41 Å². The Bertz CT molecular complexity index is 561. The first-order valence-electron chi connectivity index (χ1n) is 9.66. The van der Waals surface area contributed by atoms with Gasteiger partial charge in [0.2, 0.25) is 15.9 Å². The highest BCUT2D eigenvalue weighted by Crippen LogP contribution is 2.43. The van der Waals surface area contributed by atoms with Crippen LogP contribution in [-0.4, -0.2) is 54.5 Å². The van der Waals surface area contributed by atoms with Crippen molar-refractivity contribution in [2.45, 2.75) is 82.9 Å². The summed E-state index contributed by atoms with van der Waals surface area (Å²) in [5.41, 5.74) is 0.151.